The number of aromatic amines is 1. The third-order valence-electron chi connectivity index (χ3n) is 3.41. The van der Waals surface area contributed by atoms with Gasteiger partial charge in [0.05, 0.1) is 16.3 Å². The van der Waals surface area contributed by atoms with E-state index in [1.54, 1.807) is 30.3 Å². The zero-order chi connectivity index (χ0) is 17.8. The first-order valence-electron chi connectivity index (χ1n) is 7.31. The van der Waals surface area contributed by atoms with Gasteiger partial charge in [0.2, 0.25) is 0 Å². The van der Waals surface area contributed by atoms with Gasteiger partial charge in [0.15, 0.2) is 17.3 Å². The first-order chi connectivity index (χ1) is 12.1. The van der Waals surface area contributed by atoms with Crippen LogP contribution >= 0.6 is 11.3 Å². The maximum Gasteiger partial charge on any atom is 0.266 e. The van der Waals surface area contributed by atoms with Gasteiger partial charge in [-0.1, -0.05) is 6.07 Å². The van der Waals surface area contributed by atoms with Crippen LogP contribution in [0.2, 0.25) is 0 Å². The Morgan fingerprint density at radius 3 is 2.72 bits per heavy atom. The van der Waals surface area contributed by atoms with E-state index in [0.29, 0.717) is 26.1 Å². The topological polar surface area (TPSA) is 92.3 Å². The van der Waals surface area contributed by atoms with E-state index in [2.05, 4.69) is 9.97 Å². The van der Waals surface area contributed by atoms with E-state index in [0.717, 1.165) is 11.3 Å². The molecule has 0 aliphatic carbocycles. The van der Waals surface area contributed by atoms with Crippen LogP contribution in [0.3, 0.4) is 0 Å². The number of carbonyl (C=O) groups excluding carboxylic acids is 1. The van der Waals surface area contributed by atoms with Crippen LogP contribution in [0.15, 0.2) is 47.5 Å². The first kappa shape index (κ1) is 16.7. The van der Waals surface area contributed by atoms with Crippen molar-refractivity contribution < 1.29 is 14.6 Å². The molecule has 1 aromatic carbocycles. The Morgan fingerprint density at radius 1 is 1.28 bits per heavy atom. The van der Waals surface area contributed by atoms with E-state index in [1.165, 1.54) is 31.6 Å². The lowest BCUT2D eigenvalue weighted by atomic mass is 10.2. The Hall–Kier alpha value is -3.19. The molecule has 126 valence electrons. The Labute approximate surface area is 146 Å². The van der Waals surface area contributed by atoms with Crippen LogP contribution < -0.4 is 19.5 Å². The fraction of sp³-hybridized carbons (Fsp3) is 0.0556. The second kappa shape index (κ2) is 7.14. The molecule has 0 aliphatic heterocycles. The highest BCUT2D eigenvalue weighted by Gasteiger charge is 2.04. The van der Waals surface area contributed by atoms with Gasteiger partial charge in [-0.05, 0) is 35.9 Å². The number of thiazole rings is 1. The molecule has 0 radical (unpaired) electrons. The summed E-state index contributed by atoms with van der Waals surface area (Å²) < 4.78 is 5.87. The van der Waals surface area contributed by atoms with Gasteiger partial charge in [0.25, 0.3) is 5.56 Å². The summed E-state index contributed by atoms with van der Waals surface area (Å²) in [4.78, 5) is 30.7. The van der Waals surface area contributed by atoms with E-state index in [1.807, 2.05) is 0 Å². The van der Waals surface area contributed by atoms with Crippen molar-refractivity contribution in [1.82, 2.24) is 9.97 Å². The summed E-state index contributed by atoms with van der Waals surface area (Å²) in [7, 11) is 1.46. The molecule has 0 bridgehead atoms. The van der Waals surface area contributed by atoms with Gasteiger partial charge in [0.1, 0.15) is 0 Å². The van der Waals surface area contributed by atoms with E-state index >= 15 is 0 Å². The van der Waals surface area contributed by atoms with Gasteiger partial charge in [-0.2, -0.15) is 0 Å². The van der Waals surface area contributed by atoms with E-state index in [9.17, 15) is 14.7 Å². The second-order valence-electron chi connectivity index (χ2n) is 5.10. The standard InChI is InChI=1S/C18H14N2O4S/c1-24-15-3-2-11(8-14(15)22)9-16-18(23)20-17(25-16)10-13(21)12-4-6-19-7-5-12/h2-10,22H,1H3,(H,20,23)/b16-9+,17-10-. The molecule has 7 heteroatoms. The molecule has 3 aromatic rings. The number of hydrogen-bond acceptors (Lipinski definition) is 6. The average Bonchev–Trinajstić information content (AvgIpc) is 2.95. The Kier molecular flexibility index (Phi) is 4.76. The van der Waals surface area contributed by atoms with Crippen molar-refractivity contribution in [1.29, 1.82) is 0 Å². The van der Waals surface area contributed by atoms with Gasteiger partial charge in [-0.3, -0.25) is 14.6 Å². The lowest BCUT2D eigenvalue weighted by molar-refractivity contribution is 0.106. The Morgan fingerprint density at radius 2 is 2.04 bits per heavy atom. The van der Waals surface area contributed by atoms with E-state index in [4.69, 9.17) is 4.74 Å². The fourth-order valence-corrected chi connectivity index (χ4v) is 3.08. The third kappa shape index (κ3) is 3.84. The highest BCUT2D eigenvalue weighted by Crippen LogP contribution is 2.26. The summed E-state index contributed by atoms with van der Waals surface area (Å²) in [6, 6.07) is 8.06. The van der Waals surface area contributed by atoms with Gasteiger partial charge >= 0.3 is 0 Å². The molecule has 25 heavy (non-hydrogen) atoms. The molecule has 6 nitrogen and oxygen atoms in total. The van der Waals surface area contributed by atoms with Crippen LogP contribution in [0.4, 0.5) is 0 Å². The molecule has 0 aliphatic rings. The summed E-state index contributed by atoms with van der Waals surface area (Å²) >= 11 is 1.16. The minimum Gasteiger partial charge on any atom is -0.504 e. The predicted molar refractivity (Wildman–Crippen MR) is 95.4 cm³/mol. The number of Topliss-reactive ketones (excluding diaryl/α,β-unsaturated/α-hetero) is 1. The number of pyridine rings is 1. The van der Waals surface area contributed by atoms with Gasteiger partial charge in [-0.15, -0.1) is 11.3 Å². The molecule has 0 saturated heterocycles. The summed E-state index contributed by atoms with van der Waals surface area (Å²) in [5, 5.41) is 9.81. The fourth-order valence-electron chi connectivity index (χ4n) is 2.19. The second-order valence-corrected chi connectivity index (χ2v) is 6.19. The molecular weight excluding hydrogens is 340 g/mol. The molecule has 3 rings (SSSR count). The molecule has 2 heterocycles. The minimum atomic E-state index is -0.297. The number of phenols is 1. The number of methoxy groups -OCH3 is 1. The van der Waals surface area contributed by atoms with Crippen LogP contribution in [-0.4, -0.2) is 28.0 Å². The first-order valence-corrected chi connectivity index (χ1v) is 8.12. The van der Waals surface area contributed by atoms with Crippen molar-refractivity contribution in [2.24, 2.45) is 0 Å². The van der Waals surface area contributed by atoms with E-state index in [-0.39, 0.29) is 17.1 Å². The SMILES string of the molecule is COc1ccc(/C=c2/s/c(=C\C(=O)c3ccncc3)[nH]c2=O)cc1O. The third-order valence-corrected chi connectivity index (χ3v) is 4.37. The molecule has 2 aromatic heterocycles. The number of aromatic hydroxyl groups is 1. The van der Waals surface area contributed by atoms with Crippen LogP contribution in [0.25, 0.3) is 12.2 Å². The number of hydrogen-bond donors (Lipinski definition) is 2. The summed E-state index contributed by atoms with van der Waals surface area (Å²) in [5.74, 6) is 0.131. The zero-order valence-corrected chi connectivity index (χ0v) is 14.0. The molecule has 0 atom stereocenters. The number of ketones is 1. The van der Waals surface area contributed by atoms with Gasteiger partial charge in [-0.25, -0.2) is 0 Å². The number of aromatic nitrogens is 2. The zero-order valence-electron chi connectivity index (χ0n) is 13.2. The van der Waals surface area contributed by atoms with Crippen LogP contribution in [0.1, 0.15) is 15.9 Å². The normalized spacial score (nSPS) is 12.4. The van der Waals surface area contributed by atoms with Crippen molar-refractivity contribution in [3.05, 3.63) is 73.4 Å². The molecule has 0 unspecified atom stereocenters. The van der Waals surface area contributed by atoms with Crippen molar-refractivity contribution in [3.8, 4) is 11.5 Å². The Balaban J connectivity index is 1.98. The van der Waals surface area contributed by atoms with Gasteiger partial charge in [0, 0.05) is 24.0 Å². The maximum atomic E-state index is 12.2. The average molecular weight is 354 g/mol. The van der Waals surface area contributed by atoms with Crippen molar-refractivity contribution in [2.75, 3.05) is 7.11 Å². The molecular formula is C18H14N2O4S. The number of rotatable bonds is 4. The van der Waals surface area contributed by atoms with Crippen molar-refractivity contribution >= 4 is 29.3 Å². The number of H-pyrrole nitrogens is 1. The summed E-state index contributed by atoms with van der Waals surface area (Å²) in [6.07, 6.45) is 6.09. The smallest absolute Gasteiger partial charge is 0.266 e. The number of ether oxygens (including phenoxy) is 1. The lowest BCUT2D eigenvalue weighted by Gasteiger charge is -2.02. The number of nitrogens with zero attached hydrogens (tertiary/aromatic N) is 1. The summed E-state index contributed by atoms with van der Waals surface area (Å²) in [6.45, 7) is 0. The quantitative estimate of drug-likeness (QED) is 0.683. The molecule has 0 fully saturated rings. The Bertz CT molecular complexity index is 1080. The van der Waals surface area contributed by atoms with Crippen molar-refractivity contribution in [2.45, 2.75) is 0 Å². The number of carbonyl (C=O) groups is 1. The molecule has 0 amide bonds. The van der Waals surface area contributed by atoms with Crippen molar-refractivity contribution in [3.63, 3.8) is 0 Å². The highest BCUT2D eigenvalue weighted by molar-refractivity contribution is 7.07. The molecule has 2 N–H and O–H groups in total. The highest BCUT2D eigenvalue weighted by atomic mass is 32.1. The minimum absolute atomic E-state index is 0.0103. The largest absolute Gasteiger partial charge is 0.504 e. The van der Waals surface area contributed by atoms with Crippen LogP contribution in [-0.2, 0) is 0 Å². The monoisotopic (exact) mass is 354 g/mol. The number of phenolic OH excluding ortho intramolecular Hbond substituents is 1. The number of nitrogens with one attached hydrogen (secondary N) is 1. The van der Waals surface area contributed by atoms with E-state index < -0.39 is 0 Å². The van der Waals surface area contributed by atoms with Gasteiger partial charge < -0.3 is 14.8 Å². The number of benzene rings is 1. The molecule has 0 saturated carbocycles. The lowest BCUT2D eigenvalue weighted by Crippen LogP contribution is -2.20. The van der Waals surface area contributed by atoms with Crippen LogP contribution in [0.5, 0.6) is 11.5 Å². The molecule has 0 spiro atoms. The summed E-state index contributed by atoms with van der Waals surface area (Å²) in [5.41, 5.74) is 0.849. The predicted octanol–water partition coefficient (Wildman–Crippen LogP) is 1.04. The van der Waals surface area contributed by atoms with Crippen LogP contribution in [0, 0.1) is 0 Å². The maximum absolute atomic E-state index is 12.2.